The van der Waals surface area contributed by atoms with Crippen LogP contribution >= 0.6 is 0 Å². The maximum absolute atomic E-state index is 12.5. The Labute approximate surface area is 180 Å². The molecule has 1 aromatic heterocycles. The predicted molar refractivity (Wildman–Crippen MR) is 111 cm³/mol. The zero-order chi connectivity index (χ0) is 22.1. The summed E-state index contributed by atoms with van der Waals surface area (Å²) in [6.07, 6.45) is 3.30. The van der Waals surface area contributed by atoms with Crippen molar-refractivity contribution in [1.29, 1.82) is 5.26 Å². The van der Waals surface area contributed by atoms with E-state index >= 15 is 0 Å². The van der Waals surface area contributed by atoms with E-state index in [1.807, 2.05) is 29.8 Å². The van der Waals surface area contributed by atoms with Crippen molar-refractivity contribution in [3.05, 3.63) is 41.3 Å². The van der Waals surface area contributed by atoms with Gasteiger partial charge >= 0.3 is 10.2 Å². The molecule has 1 saturated heterocycles. The van der Waals surface area contributed by atoms with Crippen LogP contribution in [0.25, 0.3) is 0 Å². The van der Waals surface area contributed by atoms with Crippen molar-refractivity contribution in [2.75, 3.05) is 31.6 Å². The fourth-order valence-corrected chi connectivity index (χ4v) is 4.54. The van der Waals surface area contributed by atoms with Gasteiger partial charge in [0.15, 0.2) is 5.69 Å². The van der Waals surface area contributed by atoms with E-state index in [0.717, 1.165) is 30.2 Å². The molecule has 2 fully saturated rings. The van der Waals surface area contributed by atoms with Crippen molar-refractivity contribution in [1.82, 2.24) is 14.0 Å². The monoisotopic (exact) mass is 445 g/mol. The number of nitrogens with one attached hydrogen (secondary N) is 2. The Hall–Kier alpha value is -2.94. The Balaban J connectivity index is 1.45. The molecule has 2 N–H and O–H groups in total. The third-order valence-electron chi connectivity index (χ3n) is 5.48. The third kappa shape index (κ3) is 4.56. The molecule has 0 bridgehead atoms. The number of hydrogen-bond acceptors (Lipinski definition) is 8. The van der Waals surface area contributed by atoms with Crippen LogP contribution in [0.2, 0.25) is 0 Å². The van der Waals surface area contributed by atoms with Crippen molar-refractivity contribution in [3.63, 3.8) is 0 Å². The smallest absolute Gasteiger partial charge is 0.304 e. The molecule has 2 heterocycles. The lowest BCUT2D eigenvalue weighted by atomic mass is 9.96. The molecule has 11 heteroatoms. The molecule has 1 aromatic carbocycles. The van der Waals surface area contributed by atoms with E-state index < -0.39 is 21.5 Å². The number of hydrogen-bond donors (Lipinski definition) is 2. The zero-order valence-corrected chi connectivity index (χ0v) is 17.9. The molecule has 164 valence electrons. The highest BCUT2D eigenvalue weighted by molar-refractivity contribution is 7.87. The van der Waals surface area contributed by atoms with Crippen molar-refractivity contribution in [2.45, 2.75) is 31.6 Å². The van der Waals surface area contributed by atoms with Crippen molar-refractivity contribution in [2.24, 2.45) is 0 Å². The van der Waals surface area contributed by atoms with Crippen molar-refractivity contribution in [3.8, 4) is 6.07 Å². The Morgan fingerprint density at radius 2 is 2.10 bits per heavy atom. The van der Waals surface area contributed by atoms with Crippen LogP contribution in [-0.2, 0) is 20.4 Å². The summed E-state index contributed by atoms with van der Waals surface area (Å²) in [5.74, 6) is -0.881. The molecule has 31 heavy (non-hydrogen) atoms. The molecule has 2 aliphatic rings. The number of ether oxygens (including phenoxy) is 1. The summed E-state index contributed by atoms with van der Waals surface area (Å²) in [7, 11) is -4.01. The van der Waals surface area contributed by atoms with E-state index in [1.165, 1.54) is 4.31 Å². The highest BCUT2D eigenvalue weighted by Gasteiger charge is 2.45. The van der Waals surface area contributed by atoms with Gasteiger partial charge in [-0.2, -0.15) is 23.0 Å². The van der Waals surface area contributed by atoms with Crippen molar-refractivity contribution < 1.29 is 22.4 Å². The zero-order valence-electron chi connectivity index (χ0n) is 17.1. The van der Waals surface area contributed by atoms with Crippen molar-refractivity contribution >= 4 is 27.8 Å². The molecular weight excluding hydrogens is 422 g/mol. The van der Waals surface area contributed by atoms with Gasteiger partial charge in [-0.15, -0.1) is 0 Å². The summed E-state index contributed by atoms with van der Waals surface area (Å²) in [4.78, 5) is 16.5. The molecule has 2 aromatic rings. The molecule has 10 nitrogen and oxygen atoms in total. The van der Waals surface area contributed by atoms with E-state index in [0.29, 0.717) is 18.7 Å². The number of amides is 1. The summed E-state index contributed by atoms with van der Waals surface area (Å²) in [5.41, 5.74) is 1.93. The van der Waals surface area contributed by atoms with Crippen LogP contribution in [0.5, 0.6) is 0 Å². The second-order valence-corrected chi connectivity index (χ2v) is 9.36. The lowest BCUT2D eigenvalue weighted by Gasteiger charge is -2.18. The normalized spacial score (nSPS) is 18.6. The van der Waals surface area contributed by atoms with Gasteiger partial charge in [0.2, 0.25) is 0 Å². The fourth-order valence-electron chi connectivity index (χ4n) is 3.39. The van der Waals surface area contributed by atoms with Gasteiger partial charge in [0.25, 0.3) is 11.9 Å². The molecule has 1 amide bonds. The van der Waals surface area contributed by atoms with Gasteiger partial charge in [-0.25, -0.2) is 4.72 Å². The molecule has 1 saturated carbocycles. The molecule has 0 radical (unpaired) electrons. The number of carbonyl (C=O) groups excluding carboxylic acids is 1. The Morgan fingerprint density at radius 1 is 1.29 bits per heavy atom. The van der Waals surface area contributed by atoms with Crippen LogP contribution in [0.4, 0.5) is 11.7 Å². The largest absolute Gasteiger partial charge is 0.431 e. The number of nitriles is 1. The van der Waals surface area contributed by atoms with E-state index in [4.69, 9.17) is 9.15 Å². The van der Waals surface area contributed by atoms with Crippen LogP contribution in [0, 0.1) is 18.3 Å². The van der Waals surface area contributed by atoms with Crippen LogP contribution in [0.3, 0.4) is 0 Å². The molecule has 0 atom stereocenters. The van der Waals surface area contributed by atoms with Crippen LogP contribution in [0.1, 0.15) is 40.9 Å². The highest BCUT2D eigenvalue weighted by Crippen LogP contribution is 2.48. The minimum Gasteiger partial charge on any atom is -0.431 e. The molecular formula is C20H23N5O5S. The fraction of sp³-hybridized carbons (Fsp3) is 0.450. The standard InChI is InChI=1S/C20H23N5O5S/c1-14-3-4-15(20(13-21)5-6-20)11-16(14)22-19-23-17(12-30-19)18(26)24-31(27,28)25-7-2-9-29-10-8-25/h3-4,11-12H,2,5-10H2,1H3,(H,22,23)(H,24,26). The first-order chi connectivity index (χ1) is 14.8. The van der Waals surface area contributed by atoms with E-state index in [9.17, 15) is 18.5 Å². The lowest BCUT2D eigenvalue weighted by Crippen LogP contribution is -2.44. The minimum atomic E-state index is -4.01. The molecule has 1 aliphatic heterocycles. The topological polar surface area (TPSA) is 138 Å². The Bertz CT molecular complexity index is 1130. The van der Waals surface area contributed by atoms with Gasteiger partial charge in [0.05, 0.1) is 18.1 Å². The number of anilines is 2. The summed E-state index contributed by atoms with van der Waals surface area (Å²) in [5, 5.41) is 12.4. The number of aryl methyl sites for hydroxylation is 1. The van der Waals surface area contributed by atoms with E-state index in [1.54, 1.807) is 0 Å². The number of carbonyl (C=O) groups is 1. The molecule has 1 aliphatic carbocycles. The van der Waals surface area contributed by atoms with Gasteiger partial charge in [0, 0.05) is 25.4 Å². The van der Waals surface area contributed by atoms with Gasteiger partial charge in [-0.05, 0) is 43.4 Å². The van der Waals surface area contributed by atoms with Crippen LogP contribution < -0.4 is 10.0 Å². The highest BCUT2D eigenvalue weighted by atomic mass is 32.2. The van der Waals surface area contributed by atoms with Gasteiger partial charge in [-0.3, -0.25) is 4.79 Å². The average Bonchev–Trinajstić information content (AvgIpc) is 3.48. The Kier molecular flexibility index (Phi) is 5.70. The molecule has 4 rings (SSSR count). The number of rotatable bonds is 6. The summed E-state index contributed by atoms with van der Waals surface area (Å²) >= 11 is 0. The molecule has 0 spiro atoms. The van der Waals surface area contributed by atoms with Crippen LogP contribution in [-0.4, -0.2) is 49.9 Å². The quantitative estimate of drug-likeness (QED) is 0.688. The lowest BCUT2D eigenvalue weighted by molar-refractivity contribution is 0.0973. The first kappa shape index (κ1) is 21.3. The number of aromatic nitrogens is 1. The first-order valence-electron chi connectivity index (χ1n) is 9.98. The summed E-state index contributed by atoms with van der Waals surface area (Å²) in [6, 6.07) is 8.13. The van der Waals surface area contributed by atoms with Crippen LogP contribution in [0.15, 0.2) is 28.9 Å². The van der Waals surface area contributed by atoms with Gasteiger partial charge < -0.3 is 14.5 Å². The summed E-state index contributed by atoms with van der Waals surface area (Å²) < 4.78 is 38.7. The second-order valence-electron chi connectivity index (χ2n) is 7.69. The Morgan fingerprint density at radius 3 is 2.84 bits per heavy atom. The number of nitrogens with zero attached hydrogens (tertiary/aromatic N) is 3. The van der Waals surface area contributed by atoms with Gasteiger partial charge in [0.1, 0.15) is 6.26 Å². The predicted octanol–water partition coefficient (Wildman–Crippen LogP) is 1.98. The minimum absolute atomic E-state index is 0.0489. The maximum Gasteiger partial charge on any atom is 0.304 e. The SMILES string of the molecule is Cc1ccc(C2(C#N)CC2)cc1Nc1nc(C(=O)NS(=O)(=O)N2CCCOCC2)co1. The van der Waals surface area contributed by atoms with Gasteiger partial charge in [-0.1, -0.05) is 12.1 Å². The molecule has 0 unspecified atom stereocenters. The number of benzene rings is 1. The average molecular weight is 446 g/mol. The first-order valence-corrected chi connectivity index (χ1v) is 11.4. The number of oxazole rings is 1. The van der Waals surface area contributed by atoms with E-state index in [2.05, 4.69) is 16.4 Å². The maximum atomic E-state index is 12.5. The van der Waals surface area contributed by atoms with E-state index in [-0.39, 0.29) is 31.4 Å². The summed E-state index contributed by atoms with van der Waals surface area (Å²) in [6.45, 7) is 3.10. The third-order valence-corrected chi connectivity index (χ3v) is 6.96. The second kappa shape index (κ2) is 8.30.